The summed E-state index contributed by atoms with van der Waals surface area (Å²) in [6, 6.07) is 18.9. The van der Waals surface area contributed by atoms with E-state index in [-0.39, 0.29) is 24.5 Å². The summed E-state index contributed by atoms with van der Waals surface area (Å²) in [5.74, 6) is 1.29. The van der Waals surface area contributed by atoms with Gasteiger partial charge in [0.2, 0.25) is 0 Å². The zero-order valence-electron chi connectivity index (χ0n) is 18.6. The van der Waals surface area contributed by atoms with Gasteiger partial charge in [0.15, 0.2) is 18.1 Å². The monoisotopic (exact) mass is 468 g/mol. The third-order valence-electron chi connectivity index (χ3n) is 4.41. The van der Waals surface area contributed by atoms with Gasteiger partial charge in [0, 0.05) is 17.3 Å². The minimum absolute atomic E-state index is 0.0193. The largest absolute Gasteiger partial charge is 0.493 e. The van der Waals surface area contributed by atoms with E-state index in [1.165, 1.54) is 7.11 Å². The van der Waals surface area contributed by atoms with Gasteiger partial charge < -0.3 is 24.8 Å². The lowest BCUT2D eigenvalue weighted by Crippen LogP contribution is -2.34. The number of carbonyl (C=O) groups excluding carboxylic acids is 2. The maximum absolute atomic E-state index is 12.7. The van der Waals surface area contributed by atoms with E-state index in [0.29, 0.717) is 39.3 Å². The molecule has 0 bridgehead atoms. The molecule has 2 amide bonds. The van der Waals surface area contributed by atoms with Crippen LogP contribution in [-0.2, 0) is 4.79 Å². The van der Waals surface area contributed by atoms with Crippen LogP contribution in [-0.4, -0.2) is 31.6 Å². The second-order valence-electron chi connectivity index (χ2n) is 7.39. The van der Waals surface area contributed by atoms with E-state index in [1.807, 2.05) is 26.0 Å². The highest BCUT2D eigenvalue weighted by atomic mass is 35.5. The Balaban J connectivity index is 1.62. The van der Waals surface area contributed by atoms with Gasteiger partial charge in [-0.05, 0) is 68.4 Å². The van der Waals surface area contributed by atoms with Crippen LogP contribution in [0.1, 0.15) is 24.2 Å². The molecule has 0 aromatic heterocycles. The summed E-state index contributed by atoms with van der Waals surface area (Å²) < 4.78 is 16.6. The van der Waals surface area contributed by atoms with Crippen LogP contribution in [0, 0.1) is 0 Å². The summed E-state index contributed by atoms with van der Waals surface area (Å²) in [7, 11) is 1.47. The third kappa shape index (κ3) is 6.89. The van der Waals surface area contributed by atoms with Gasteiger partial charge in [-0.25, -0.2) is 0 Å². The summed E-state index contributed by atoms with van der Waals surface area (Å²) in [4.78, 5) is 24.5. The Kier molecular flexibility index (Phi) is 8.16. The number of carbonyl (C=O) groups is 2. The lowest BCUT2D eigenvalue weighted by molar-refractivity contribution is -0.123. The van der Waals surface area contributed by atoms with E-state index in [9.17, 15) is 9.59 Å². The molecular formula is C25H25ClN2O5. The Labute approximate surface area is 197 Å². The van der Waals surface area contributed by atoms with Crippen LogP contribution in [0.15, 0.2) is 66.7 Å². The van der Waals surface area contributed by atoms with Crippen LogP contribution in [0.25, 0.3) is 0 Å². The zero-order valence-corrected chi connectivity index (χ0v) is 19.3. The molecule has 0 heterocycles. The molecule has 0 aliphatic rings. The number of hydrogen-bond acceptors (Lipinski definition) is 5. The highest BCUT2D eigenvalue weighted by Gasteiger charge is 2.13. The number of para-hydroxylation sites is 1. The van der Waals surface area contributed by atoms with Crippen LogP contribution >= 0.6 is 11.6 Å². The van der Waals surface area contributed by atoms with E-state index in [0.717, 1.165) is 0 Å². The summed E-state index contributed by atoms with van der Waals surface area (Å²) in [5.41, 5.74) is 0.971. The SMILES string of the molecule is COc1cc(C(=O)Nc2ccc(Oc3ccccc3Cl)cc2)ccc1OCC(=O)NC(C)C. The number of ether oxygens (including phenoxy) is 3. The molecule has 0 aliphatic carbocycles. The molecule has 172 valence electrons. The molecule has 3 rings (SSSR count). The van der Waals surface area contributed by atoms with Crippen LogP contribution in [0.3, 0.4) is 0 Å². The molecule has 0 atom stereocenters. The van der Waals surface area contributed by atoms with E-state index < -0.39 is 0 Å². The second-order valence-corrected chi connectivity index (χ2v) is 7.79. The lowest BCUT2D eigenvalue weighted by Gasteiger charge is -2.13. The maximum Gasteiger partial charge on any atom is 0.258 e. The van der Waals surface area contributed by atoms with Crippen molar-refractivity contribution in [2.45, 2.75) is 19.9 Å². The molecule has 0 spiro atoms. The number of halogens is 1. The molecule has 33 heavy (non-hydrogen) atoms. The van der Waals surface area contributed by atoms with Crippen molar-refractivity contribution in [2.75, 3.05) is 19.0 Å². The highest BCUT2D eigenvalue weighted by molar-refractivity contribution is 6.32. The van der Waals surface area contributed by atoms with Gasteiger partial charge in [-0.2, -0.15) is 0 Å². The molecule has 0 unspecified atom stereocenters. The van der Waals surface area contributed by atoms with Crippen molar-refractivity contribution in [1.29, 1.82) is 0 Å². The van der Waals surface area contributed by atoms with Crippen molar-refractivity contribution in [3.63, 3.8) is 0 Å². The van der Waals surface area contributed by atoms with Gasteiger partial charge >= 0.3 is 0 Å². The molecule has 0 saturated heterocycles. The van der Waals surface area contributed by atoms with Crippen molar-refractivity contribution in [1.82, 2.24) is 5.32 Å². The van der Waals surface area contributed by atoms with Crippen molar-refractivity contribution in [3.8, 4) is 23.0 Å². The predicted molar refractivity (Wildman–Crippen MR) is 128 cm³/mol. The summed E-state index contributed by atoms with van der Waals surface area (Å²) >= 11 is 6.11. The number of benzene rings is 3. The Morgan fingerprint density at radius 3 is 2.33 bits per heavy atom. The highest BCUT2D eigenvalue weighted by Crippen LogP contribution is 2.30. The second kappa shape index (κ2) is 11.2. The first-order valence-corrected chi connectivity index (χ1v) is 10.7. The Hall–Kier alpha value is -3.71. The number of methoxy groups -OCH3 is 1. The smallest absolute Gasteiger partial charge is 0.258 e. The third-order valence-corrected chi connectivity index (χ3v) is 4.72. The molecule has 0 aliphatic heterocycles. The van der Waals surface area contributed by atoms with E-state index in [1.54, 1.807) is 54.6 Å². The van der Waals surface area contributed by atoms with Crippen LogP contribution in [0.5, 0.6) is 23.0 Å². The maximum atomic E-state index is 12.7. The van der Waals surface area contributed by atoms with Crippen LogP contribution in [0.2, 0.25) is 5.02 Å². The fourth-order valence-corrected chi connectivity index (χ4v) is 3.07. The number of anilines is 1. The Bertz CT molecular complexity index is 1120. The normalized spacial score (nSPS) is 10.5. The standard InChI is InChI=1S/C25H25ClN2O5/c1-16(2)27-24(29)15-32-22-13-8-17(14-23(22)31-3)25(30)28-18-9-11-19(12-10-18)33-21-7-5-4-6-20(21)26/h4-14,16H,15H2,1-3H3,(H,27,29)(H,28,30). The van der Waals surface area contributed by atoms with Gasteiger partial charge in [-0.15, -0.1) is 0 Å². The zero-order chi connectivity index (χ0) is 23.8. The van der Waals surface area contributed by atoms with Gasteiger partial charge in [-0.1, -0.05) is 23.7 Å². The predicted octanol–water partition coefficient (Wildman–Crippen LogP) is 5.30. The number of hydrogen-bond donors (Lipinski definition) is 2. The van der Waals surface area contributed by atoms with Gasteiger partial charge in [-0.3, -0.25) is 9.59 Å². The van der Waals surface area contributed by atoms with E-state index >= 15 is 0 Å². The number of rotatable bonds is 9. The summed E-state index contributed by atoms with van der Waals surface area (Å²) in [5, 5.41) is 6.08. The minimum Gasteiger partial charge on any atom is -0.493 e. The van der Waals surface area contributed by atoms with Gasteiger partial charge in [0.25, 0.3) is 11.8 Å². The minimum atomic E-state index is -0.322. The van der Waals surface area contributed by atoms with E-state index in [2.05, 4.69) is 10.6 Å². The molecule has 2 N–H and O–H groups in total. The molecule has 0 fully saturated rings. The Morgan fingerprint density at radius 1 is 0.939 bits per heavy atom. The molecule has 3 aromatic carbocycles. The number of nitrogens with one attached hydrogen (secondary N) is 2. The average molecular weight is 469 g/mol. The lowest BCUT2D eigenvalue weighted by atomic mass is 10.1. The number of amides is 2. The summed E-state index contributed by atoms with van der Waals surface area (Å²) in [6.45, 7) is 3.58. The average Bonchev–Trinajstić information content (AvgIpc) is 2.80. The molecule has 8 heteroatoms. The van der Waals surface area contributed by atoms with Crippen molar-refractivity contribution in [3.05, 3.63) is 77.3 Å². The fourth-order valence-electron chi connectivity index (χ4n) is 2.90. The van der Waals surface area contributed by atoms with E-state index in [4.69, 9.17) is 25.8 Å². The molecule has 0 saturated carbocycles. The van der Waals surface area contributed by atoms with Crippen molar-refractivity contribution < 1.29 is 23.8 Å². The first kappa shape index (κ1) is 23.9. The molecular weight excluding hydrogens is 444 g/mol. The van der Waals surface area contributed by atoms with Crippen LogP contribution < -0.4 is 24.8 Å². The quantitative estimate of drug-likeness (QED) is 0.445. The van der Waals surface area contributed by atoms with Gasteiger partial charge in [0.1, 0.15) is 11.5 Å². The van der Waals surface area contributed by atoms with Crippen molar-refractivity contribution >= 4 is 29.1 Å². The van der Waals surface area contributed by atoms with Crippen LogP contribution in [0.4, 0.5) is 5.69 Å². The first-order chi connectivity index (χ1) is 15.9. The molecule has 7 nitrogen and oxygen atoms in total. The fraction of sp³-hybridized carbons (Fsp3) is 0.200. The summed E-state index contributed by atoms with van der Waals surface area (Å²) in [6.07, 6.45) is 0. The Morgan fingerprint density at radius 2 is 1.67 bits per heavy atom. The molecule has 3 aromatic rings. The van der Waals surface area contributed by atoms with Gasteiger partial charge in [0.05, 0.1) is 12.1 Å². The topological polar surface area (TPSA) is 85.9 Å². The van der Waals surface area contributed by atoms with Crippen molar-refractivity contribution in [2.24, 2.45) is 0 Å². The first-order valence-electron chi connectivity index (χ1n) is 10.3. The molecule has 0 radical (unpaired) electrons.